The van der Waals surface area contributed by atoms with Crippen LogP contribution in [-0.4, -0.2) is 52.3 Å². The fourth-order valence-electron chi connectivity index (χ4n) is 3.93. The number of anilines is 2. The van der Waals surface area contributed by atoms with Gasteiger partial charge in [0.2, 0.25) is 5.95 Å². The standard InChI is InChI=1S/C20H27N5O/c1-2-17-12-19(23-20(22-17)24-9-3-4-10-24)25-13-16(18(26)14-25)11-15-5-7-21-8-6-15/h5-8,12,16,18,26H,2-4,9-11,13-14H2,1H3/t16-,18-/m1/s1. The van der Waals surface area contributed by atoms with Crippen LogP contribution >= 0.6 is 0 Å². The topological polar surface area (TPSA) is 65.4 Å². The molecule has 2 aliphatic rings. The Morgan fingerprint density at radius 3 is 2.58 bits per heavy atom. The zero-order valence-electron chi connectivity index (χ0n) is 15.4. The Kier molecular flexibility index (Phi) is 5.02. The number of nitrogens with zero attached hydrogens (tertiary/aromatic N) is 5. The molecule has 0 unspecified atom stereocenters. The molecule has 2 aromatic rings. The smallest absolute Gasteiger partial charge is 0.227 e. The van der Waals surface area contributed by atoms with Crippen molar-refractivity contribution in [1.29, 1.82) is 0 Å². The molecule has 0 spiro atoms. The SMILES string of the molecule is CCc1cc(N2C[C@@H](Cc3ccncc3)[C@H](O)C2)nc(N2CCCC2)n1. The molecule has 1 N–H and O–H groups in total. The Labute approximate surface area is 154 Å². The van der Waals surface area contributed by atoms with Crippen molar-refractivity contribution in [3.05, 3.63) is 41.9 Å². The van der Waals surface area contributed by atoms with Gasteiger partial charge in [0, 0.05) is 56.3 Å². The number of pyridine rings is 1. The normalized spacial score (nSPS) is 23.0. The molecule has 6 nitrogen and oxygen atoms in total. The first kappa shape index (κ1) is 17.2. The number of aromatic nitrogens is 3. The lowest BCUT2D eigenvalue weighted by Crippen LogP contribution is -2.26. The number of aliphatic hydroxyl groups is 1. The van der Waals surface area contributed by atoms with Gasteiger partial charge in [-0.1, -0.05) is 6.92 Å². The van der Waals surface area contributed by atoms with Gasteiger partial charge in [-0.3, -0.25) is 4.98 Å². The van der Waals surface area contributed by atoms with E-state index >= 15 is 0 Å². The van der Waals surface area contributed by atoms with Gasteiger partial charge >= 0.3 is 0 Å². The van der Waals surface area contributed by atoms with E-state index < -0.39 is 0 Å². The first-order valence-corrected chi connectivity index (χ1v) is 9.67. The lowest BCUT2D eigenvalue weighted by atomic mass is 9.97. The van der Waals surface area contributed by atoms with Gasteiger partial charge in [0.05, 0.1) is 6.10 Å². The zero-order chi connectivity index (χ0) is 17.9. The minimum Gasteiger partial charge on any atom is -0.391 e. The Morgan fingerprint density at radius 2 is 1.85 bits per heavy atom. The molecule has 2 aliphatic heterocycles. The summed E-state index contributed by atoms with van der Waals surface area (Å²) in [6.07, 6.45) is 7.48. The van der Waals surface area contributed by atoms with Gasteiger partial charge in [-0.2, -0.15) is 4.98 Å². The predicted octanol–water partition coefficient (Wildman–Crippen LogP) is 2.07. The van der Waals surface area contributed by atoms with Crippen LogP contribution in [0.25, 0.3) is 0 Å². The molecule has 26 heavy (non-hydrogen) atoms. The maximum absolute atomic E-state index is 10.6. The molecule has 0 radical (unpaired) electrons. The summed E-state index contributed by atoms with van der Waals surface area (Å²) in [4.78, 5) is 18.1. The van der Waals surface area contributed by atoms with Crippen molar-refractivity contribution in [2.24, 2.45) is 5.92 Å². The second-order valence-corrected chi connectivity index (χ2v) is 7.36. The third-order valence-electron chi connectivity index (χ3n) is 5.48. The van der Waals surface area contributed by atoms with Crippen LogP contribution in [0.3, 0.4) is 0 Å². The summed E-state index contributed by atoms with van der Waals surface area (Å²) in [7, 11) is 0. The van der Waals surface area contributed by atoms with Crippen molar-refractivity contribution in [2.45, 2.75) is 38.7 Å². The highest BCUT2D eigenvalue weighted by Gasteiger charge is 2.32. The molecule has 6 heteroatoms. The Balaban J connectivity index is 1.52. The van der Waals surface area contributed by atoms with Gasteiger partial charge in [-0.15, -0.1) is 0 Å². The van der Waals surface area contributed by atoms with E-state index in [4.69, 9.17) is 9.97 Å². The Hall–Kier alpha value is -2.21. The zero-order valence-corrected chi connectivity index (χ0v) is 15.4. The molecular formula is C20H27N5O. The Bertz CT molecular complexity index is 732. The summed E-state index contributed by atoms with van der Waals surface area (Å²) in [6, 6.07) is 6.14. The van der Waals surface area contributed by atoms with Crippen LogP contribution < -0.4 is 9.80 Å². The second kappa shape index (κ2) is 7.58. The van der Waals surface area contributed by atoms with E-state index in [1.807, 2.05) is 24.5 Å². The minimum atomic E-state index is -0.335. The van der Waals surface area contributed by atoms with E-state index in [0.29, 0.717) is 6.54 Å². The lowest BCUT2D eigenvalue weighted by Gasteiger charge is -2.22. The van der Waals surface area contributed by atoms with E-state index in [1.165, 1.54) is 18.4 Å². The monoisotopic (exact) mass is 353 g/mol. The molecule has 0 amide bonds. The molecule has 2 fully saturated rings. The number of aryl methyl sites for hydroxylation is 1. The number of aliphatic hydroxyl groups excluding tert-OH is 1. The van der Waals surface area contributed by atoms with Crippen molar-refractivity contribution in [1.82, 2.24) is 15.0 Å². The molecule has 0 aliphatic carbocycles. The fourth-order valence-corrected chi connectivity index (χ4v) is 3.93. The van der Waals surface area contributed by atoms with E-state index in [9.17, 15) is 5.11 Å². The number of rotatable bonds is 5. The van der Waals surface area contributed by atoms with Crippen LogP contribution in [0.15, 0.2) is 30.6 Å². The molecule has 138 valence electrons. The van der Waals surface area contributed by atoms with Crippen LogP contribution in [-0.2, 0) is 12.8 Å². The van der Waals surface area contributed by atoms with Crippen LogP contribution in [0, 0.1) is 5.92 Å². The van der Waals surface area contributed by atoms with E-state index in [2.05, 4.69) is 27.8 Å². The predicted molar refractivity (Wildman–Crippen MR) is 103 cm³/mol. The van der Waals surface area contributed by atoms with Gasteiger partial charge in [-0.25, -0.2) is 4.98 Å². The number of hydrogen-bond acceptors (Lipinski definition) is 6. The molecule has 0 saturated carbocycles. The van der Waals surface area contributed by atoms with Gasteiger partial charge in [0.25, 0.3) is 0 Å². The molecule has 4 rings (SSSR count). The average molecular weight is 353 g/mol. The largest absolute Gasteiger partial charge is 0.391 e. The molecule has 4 heterocycles. The maximum atomic E-state index is 10.6. The molecule has 2 saturated heterocycles. The number of β-amino-alcohol motifs (C(OH)–C–C–N with tert-alkyl or cyclic N) is 1. The second-order valence-electron chi connectivity index (χ2n) is 7.36. The molecule has 2 atom stereocenters. The first-order valence-electron chi connectivity index (χ1n) is 9.67. The summed E-state index contributed by atoms with van der Waals surface area (Å²) < 4.78 is 0. The highest BCUT2D eigenvalue weighted by atomic mass is 16.3. The number of hydrogen-bond donors (Lipinski definition) is 1. The van der Waals surface area contributed by atoms with E-state index in [-0.39, 0.29) is 12.0 Å². The highest BCUT2D eigenvalue weighted by molar-refractivity contribution is 5.48. The summed E-state index contributed by atoms with van der Waals surface area (Å²) in [5.74, 6) is 2.02. The average Bonchev–Trinajstić information content (AvgIpc) is 3.33. The third-order valence-corrected chi connectivity index (χ3v) is 5.48. The van der Waals surface area contributed by atoms with E-state index in [0.717, 1.165) is 49.9 Å². The quantitative estimate of drug-likeness (QED) is 0.888. The maximum Gasteiger partial charge on any atom is 0.227 e. The van der Waals surface area contributed by atoms with Crippen molar-refractivity contribution < 1.29 is 5.11 Å². The summed E-state index contributed by atoms with van der Waals surface area (Å²) >= 11 is 0. The molecule has 0 bridgehead atoms. The van der Waals surface area contributed by atoms with Gasteiger partial charge in [0.1, 0.15) is 5.82 Å². The molecule has 0 aromatic carbocycles. The van der Waals surface area contributed by atoms with Gasteiger partial charge in [-0.05, 0) is 43.4 Å². The molecular weight excluding hydrogens is 326 g/mol. The lowest BCUT2D eigenvalue weighted by molar-refractivity contribution is 0.148. The Morgan fingerprint density at radius 1 is 1.08 bits per heavy atom. The van der Waals surface area contributed by atoms with Crippen LogP contribution in [0.2, 0.25) is 0 Å². The van der Waals surface area contributed by atoms with E-state index in [1.54, 1.807) is 0 Å². The van der Waals surface area contributed by atoms with Crippen molar-refractivity contribution >= 4 is 11.8 Å². The van der Waals surface area contributed by atoms with Crippen molar-refractivity contribution in [3.63, 3.8) is 0 Å². The van der Waals surface area contributed by atoms with Gasteiger partial charge in [0.15, 0.2) is 0 Å². The van der Waals surface area contributed by atoms with Gasteiger partial charge < -0.3 is 14.9 Å². The minimum absolute atomic E-state index is 0.215. The third kappa shape index (κ3) is 3.65. The van der Waals surface area contributed by atoms with Crippen molar-refractivity contribution in [3.8, 4) is 0 Å². The summed E-state index contributed by atoms with van der Waals surface area (Å²) in [5.41, 5.74) is 2.30. The highest BCUT2D eigenvalue weighted by Crippen LogP contribution is 2.28. The molecule has 2 aromatic heterocycles. The van der Waals surface area contributed by atoms with Crippen LogP contribution in [0.1, 0.15) is 31.0 Å². The summed E-state index contributed by atoms with van der Waals surface area (Å²) in [5, 5.41) is 10.6. The van der Waals surface area contributed by atoms with Crippen molar-refractivity contribution in [2.75, 3.05) is 36.0 Å². The van der Waals surface area contributed by atoms with Crippen LogP contribution in [0.5, 0.6) is 0 Å². The fraction of sp³-hybridized carbons (Fsp3) is 0.550. The summed E-state index contributed by atoms with van der Waals surface area (Å²) in [6.45, 7) is 5.67. The van der Waals surface area contributed by atoms with Crippen LogP contribution in [0.4, 0.5) is 11.8 Å². The first-order chi connectivity index (χ1) is 12.7.